The Kier molecular flexibility index (Phi) is 2.84. The van der Waals surface area contributed by atoms with Crippen LogP contribution < -0.4 is 10.5 Å². The first kappa shape index (κ1) is 11.7. The van der Waals surface area contributed by atoms with E-state index in [9.17, 15) is 4.39 Å². The third-order valence-electron chi connectivity index (χ3n) is 3.45. The highest BCUT2D eigenvalue weighted by atomic mass is 35.5. The first-order valence-corrected chi connectivity index (χ1v) is 5.69. The molecule has 1 fully saturated rings. The number of ether oxygens (including phenoxy) is 1. The van der Waals surface area contributed by atoms with E-state index in [1.165, 1.54) is 7.11 Å². The Morgan fingerprint density at radius 1 is 1.50 bits per heavy atom. The van der Waals surface area contributed by atoms with Crippen molar-refractivity contribution in [3.05, 3.63) is 28.5 Å². The first-order valence-electron chi connectivity index (χ1n) is 5.31. The summed E-state index contributed by atoms with van der Waals surface area (Å²) in [5.74, 6) is -0.254. The van der Waals surface area contributed by atoms with Crippen LogP contribution in [0, 0.1) is 5.82 Å². The molecule has 1 atom stereocenters. The van der Waals surface area contributed by atoms with Crippen LogP contribution in [-0.2, 0) is 5.41 Å². The zero-order valence-electron chi connectivity index (χ0n) is 9.39. The lowest BCUT2D eigenvalue weighted by Crippen LogP contribution is -2.32. The molecule has 4 heteroatoms. The van der Waals surface area contributed by atoms with Crippen LogP contribution in [0.4, 0.5) is 4.39 Å². The van der Waals surface area contributed by atoms with Gasteiger partial charge in [0.05, 0.1) is 12.1 Å². The molecule has 0 bridgehead atoms. The molecule has 1 aromatic carbocycles. The van der Waals surface area contributed by atoms with Crippen LogP contribution in [0.3, 0.4) is 0 Å². The van der Waals surface area contributed by atoms with Gasteiger partial charge >= 0.3 is 0 Å². The van der Waals surface area contributed by atoms with Crippen LogP contribution >= 0.6 is 11.6 Å². The molecule has 0 aromatic heterocycles. The molecule has 0 heterocycles. The molecule has 1 aliphatic carbocycles. The third-order valence-corrected chi connectivity index (χ3v) is 3.74. The minimum absolute atomic E-state index is 0.0121. The summed E-state index contributed by atoms with van der Waals surface area (Å²) in [5, 5.41) is 0.0843. The number of methoxy groups -OCH3 is 1. The molecule has 1 aromatic rings. The lowest BCUT2D eigenvalue weighted by molar-refractivity contribution is 0.372. The van der Waals surface area contributed by atoms with Crippen molar-refractivity contribution in [3.63, 3.8) is 0 Å². The highest BCUT2D eigenvalue weighted by Crippen LogP contribution is 2.54. The summed E-state index contributed by atoms with van der Waals surface area (Å²) in [6.45, 7) is 1.94. The van der Waals surface area contributed by atoms with Crippen molar-refractivity contribution in [1.82, 2.24) is 0 Å². The van der Waals surface area contributed by atoms with E-state index in [1.54, 1.807) is 6.07 Å². The molecular formula is C12H15ClFNO. The van der Waals surface area contributed by atoms with Crippen LogP contribution in [0.5, 0.6) is 5.75 Å². The smallest absolute Gasteiger partial charge is 0.183 e. The van der Waals surface area contributed by atoms with E-state index in [1.807, 2.05) is 13.0 Å². The van der Waals surface area contributed by atoms with Crippen LogP contribution in [-0.4, -0.2) is 13.2 Å². The Morgan fingerprint density at radius 3 is 2.56 bits per heavy atom. The fourth-order valence-corrected chi connectivity index (χ4v) is 2.38. The molecule has 1 unspecified atom stereocenters. The van der Waals surface area contributed by atoms with Gasteiger partial charge in [-0.1, -0.05) is 17.7 Å². The van der Waals surface area contributed by atoms with Crippen molar-refractivity contribution >= 4 is 11.6 Å². The molecule has 0 radical (unpaired) electrons. The minimum atomic E-state index is -0.492. The van der Waals surface area contributed by atoms with Gasteiger partial charge in [-0.05, 0) is 25.8 Å². The monoisotopic (exact) mass is 243 g/mol. The van der Waals surface area contributed by atoms with E-state index in [2.05, 4.69) is 0 Å². The minimum Gasteiger partial charge on any atom is -0.493 e. The summed E-state index contributed by atoms with van der Waals surface area (Å²) in [4.78, 5) is 0. The summed E-state index contributed by atoms with van der Waals surface area (Å²) < 4.78 is 18.9. The SMILES string of the molecule is COc1c(C2(C(C)N)CC2)ccc(Cl)c1F. The third kappa shape index (κ3) is 1.59. The van der Waals surface area contributed by atoms with Gasteiger partial charge < -0.3 is 10.5 Å². The number of nitrogens with two attached hydrogens (primary N) is 1. The van der Waals surface area contributed by atoms with E-state index in [4.69, 9.17) is 22.1 Å². The van der Waals surface area contributed by atoms with E-state index in [0.717, 1.165) is 18.4 Å². The Bertz CT molecular complexity index is 416. The predicted octanol–water partition coefficient (Wildman–Crippen LogP) is 2.87. The quantitative estimate of drug-likeness (QED) is 0.886. The second-order valence-electron chi connectivity index (χ2n) is 4.39. The molecule has 2 rings (SSSR count). The molecule has 2 N–H and O–H groups in total. The molecule has 0 amide bonds. The largest absolute Gasteiger partial charge is 0.493 e. The molecular weight excluding hydrogens is 229 g/mol. The summed E-state index contributed by atoms with van der Waals surface area (Å²) in [7, 11) is 1.45. The van der Waals surface area contributed by atoms with Gasteiger partial charge in [0, 0.05) is 17.0 Å². The second-order valence-corrected chi connectivity index (χ2v) is 4.79. The van der Waals surface area contributed by atoms with Crippen molar-refractivity contribution in [2.45, 2.75) is 31.2 Å². The number of hydrogen-bond donors (Lipinski definition) is 1. The molecule has 88 valence electrons. The van der Waals surface area contributed by atoms with Gasteiger partial charge in [0.2, 0.25) is 0 Å². The Balaban J connectivity index is 2.54. The van der Waals surface area contributed by atoms with Crippen molar-refractivity contribution in [2.24, 2.45) is 5.73 Å². The van der Waals surface area contributed by atoms with Crippen molar-refractivity contribution in [2.75, 3.05) is 7.11 Å². The second kappa shape index (κ2) is 3.90. The van der Waals surface area contributed by atoms with E-state index in [0.29, 0.717) is 0 Å². The zero-order valence-corrected chi connectivity index (χ0v) is 10.1. The van der Waals surface area contributed by atoms with E-state index < -0.39 is 5.82 Å². The predicted molar refractivity (Wildman–Crippen MR) is 62.5 cm³/mol. The van der Waals surface area contributed by atoms with Gasteiger partial charge in [-0.15, -0.1) is 0 Å². The average molecular weight is 244 g/mol. The number of hydrogen-bond acceptors (Lipinski definition) is 2. The van der Waals surface area contributed by atoms with Crippen LogP contribution in [0.25, 0.3) is 0 Å². The van der Waals surface area contributed by atoms with Crippen LogP contribution in [0.2, 0.25) is 5.02 Å². The zero-order chi connectivity index (χ0) is 11.9. The molecule has 16 heavy (non-hydrogen) atoms. The van der Waals surface area contributed by atoms with Gasteiger partial charge in [-0.3, -0.25) is 0 Å². The molecule has 0 spiro atoms. The standard InChI is InChI=1S/C12H15ClFNO/c1-7(15)12(5-6-12)8-3-4-9(13)10(14)11(8)16-2/h3-4,7H,5-6,15H2,1-2H3. The number of benzene rings is 1. The lowest BCUT2D eigenvalue weighted by Gasteiger charge is -2.23. The summed E-state index contributed by atoms with van der Waals surface area (Å²) >= 11 is 5.73. The van der Waals surface area contributed by atoms with E-state index in [-0.39, 0.29) is 22.2 Å². The number of halogens is 2. The molecule has 1 saturated carbocycles. The fraction of sp³-hybridized carbons (Fsp3) is 0.500. The van der Waals surface area contributed by atoms with Crippen molar-refractivity contribution in [1.29, 1.82) is 0 Å². The maximum Gasteiger partial charge on any atom is 0.183 e. The first-order chi connectivity index (χ1) is 7.53. The average Bonchev–Trinajstić information content (AvgIpc) is 3.02. The maximum absolute atomic E-state index is 13.8. The van der Waals surface area contributed by atoms with Gasteiger partial charge in [-0.25, -0.2) is 4.39 Å². The van der Waals surface area contributed by atoms with Crippen LogP contribution in [0.1, 0.15) is 25.3 Å². The number of rotatable bonds is 3. The van der Waals surface area contributed by atoms with Gasteiger partial charge in [0.15, 0.2) is 11.6 Å². The topological polar surface area (TPSA) is 35.2 Å². The fourth-order valence-electron chi connectivity index (χ4n) is 2.23. The summed E-state index contributed by atoms with van der Waals surface area (Å²) in [6.07, 6.45) is 1.95. The molecule has 0 aliphatic heterocycles. The lowest BCUT2D eigenvalue weighted by atomic mass is 9.88. The van der Waals surface area contributed by atoms with Gasteiger partial charge in [-0.2, -0.15) is 0 Å². The normalized spacial score (nSPS) is 19.3. The molecule has 0 saturated heterocycles. The highest BCUT2D eigenvalue weighted by Gasteiger charge is 2.49. The molecule has 1 aliphatic rings. The Morgan fingerprint density at radius 2 is 2.12 bits per heavy atom. The Labute approximate surface area is 99.5 Å². The maximum atomic E-state index is 13.8. The van der Waals surface area contributed by atoms with Crippen molar-refractivity contribution in [3.8, 4) is 5.75 Å². The van der Waals surface area contributed by atoms with E-state index >= 15 is 0 Å². The Hall–Kier alpha value is -0.800. The van der Waals surface area contributed by atoms with Crippen molar-refractivity contribution < 1.29 is 9.13 Å². The summed E-state index contributed by atoms with van der Waals surface area (Å²) in [5.41, 5.74) is 6.68. The van der Waals surface area contributed by atoms with Gasteiger partial charge in [0.25, 0.3) is 0 Å². The highest BCUT2D eigenvalue weighted by molar-refractivity contribution is 6.30. The molecule has 2 nitrogen and oxygen atoms in total. The van der Waals surface area contributed by atoms with Gasteiger partial charge in [0.1, 0.15) is 0 Å². The summed E-state index contributed by atoms with van der Waals surface area (Å²) in [6, 6.07) is 3.37. The van der Waals surface area contributed by atoms with Crippen LogP contribution in [0.15, 0.2) is 12.1 Å².